The fraction of sp³-hybridized carbons (Fsp3) is 0.533. The van der Waals surface area contributed by atoms with Gasteiger partial charge in [0, 0.05) is 19.1 Å². The maximum atomic E-state index is 12.5. The van der Waals surface area contributed by atoms with E-state index in [0.29, 0.717) is 28.5 Å². The van der Waals surface area contributed by atoms with Crippen LogP contribution in [0.3, 0.4) is 0 Å². The third kappa shape index (κ3) is 2.49. The average Bonchev–Trinajstić information content (AvgIpc) is 2.81. The predicted octanol–water partition coefficient (Wildman–Crippen LogP) is 2.54. The molecule has 1 aliphatic heterocycles. The second-order valence-corrected chi connectivity index (χ2v) is 6.19. The second kappa shape index (κ2) is 5.14. The molecular formula is C15H19ClN2O. The number of hydrogen-bond donors (Lipinski definition) is 1. The van der Waals surface area contributed by atoms with Crippen molar-refractivity contribution in [1.82, 2.24) is 4.90 Å². The number of benzene rings is 1. The molecule has 4 heteroatoms. The van der Waals surface area contributed by atoms with Crippen molar-refractivity contribution in [2.75, 3.05) is 13.1 Å². The zero-order chi connectivity index (χ0) is 13.4. The van der Waals surface area contributed by atoms with Gasteiger partial charge in [-0.15, -0.1) is 0 Å². The molecule has 0 bridgehead atoms. The van der Waals surface area contributed by atoms with Gasteiger partial charge in [-0.05, 0) is 43.2 Å². The Morgan fingerprint density at radius 3 is 2.74 bits per heavy atom. The van der Waals surface area contributed by atoms with Crippen molar-refractivity contribution in [2.24, 2.45) is 17.6 Å². The van der Waals surface area contributed by atoms with Crippen LogP contribution in [0.15, 0.2) is 24.3 Å². The van der Waals surface area contributed by atoms with Crippen molar-refractivity contribution in [3.63, 3.8) is 0 Å². The summed E-state index contributed by atoms with van der Waals surface area (Å²) in [6, 6.07) is 7.60. The van der Waals surface area contributed by atoms with E-state index in [4.69, 9.17) is 17.3 Å². The Morgan fingerprint density at radius 2 is 1.95 bits per heavy atom. The largest absolute Gasteiger partial charge is 0.338 e. The Balaban J connectivity index is 1.74. The lowest BCUT2D eigenvalue weighted by Gasteiger charge is -2.27. The van der Waals surface area contributed by atoms with Crippen LogP contribution in [0, 0.1) is 11.8 Å². The molecule has 3 atom stereocenters. The zero-order valence-electron chi connectivity index (χ0n) is 10.9. The molecule has 3 rings (SSSR count). The van der Waals surface area contributed by atoms with Crippen molar-refractivity contribution in [2.45, 2.75) is 25.3 Å². The molecule has 1 aliphatic carbocycles. The predicted molar refractivity (Wildman–Crippen MR) is 76.2 cm³/mol. The first-order chi connectivity index (χ1) is 9.15. The molecule has 1 aromatic carbocycles. The van der Waals surface area contributed by atoms with Crippen LogP contribution in [0.4, 0.5) is 0 Å². The van der Waals surface area contributed by atoms with Crippen LogP contribution in [-0.4, -0.2) is 29.9 Å². The number of nitrogens with zero attached hydrogens (tertiary/aromatic N) is 1. The number of hydrogen-bond acceptors (Lipinski definition) is 2. The summed E-state index contributed by atoms with van der Waals surface area (Å²) in [7, 11) is 0. The van der Waals surface area contributed by atoms with Crippen LogP contribution in [0.25, 0.3) is 0 Å². The molecule has 2 fully saturated rings. The summed E-state index contributed by atoms with van der Waals surface area (Å²) in [5.41, 5.74) is 6.64. The lowest BCUT2D eigenvalue weighted by atomic mass is 9.79. The molecule has 1 saturated carbocycles. The molecule has 1 aromatic rings. The molecule has 0 spiro atoms. The van der Waals surface area contributed by atoms with E-state index in [0.717, 1.165) is 32.4 Å². The zero-order valence-corrected chi connectivity index (χ0v) is 11.6. The summed E-state index contributed by atoms with van der Waals surface area (Å²) in [5, 5.41) is 0.541. The van der Waals surface area contributed by atoms with Crippen molar-refractivity contribution >= 4 is 17.5 Å². The molecule has 1 unspecified atom stereocenters. The Kier molecular flexibility index (Phi) is 3.50. The van der Waals surface area contributed by atoms with E-state index < -0.39 is 0 Å². The summed E-state index contributed by atoms with van der Waals surface area (Å²) < 4.78 is 0. The van der Waals surface area contributed by atoms with Gasteiger partial charge in [0.2, 0.25) is 0 Å². The monoisotopic (exact) mass is 278 g/mol. The first-order valence-corrected chi connectivity index (χ1v) is 7.32. The van der Waals surface area contributed by atoms with E-state index in [2.05, 4.69) is 0 Å². The van der Waals surface area contributed by atoms with Crippen LogP contribution in [0.1, 0.15) is 29.6 Å². The third-order valence-electron chi connectivity index (χ3n) is 4.48. The third-order valence-corrected chi connectivity index (χ3v) is 4.81. The minimum Gasteiger partial charge on any atom is -0.338 e. The SMILES string of the molecule is NC1CC[C@@H]2CN(C(=O)c3ccccc3Cl)C[C@@H]2C1. The van der Waals surface area contributed by atoms with Gasteiger partial charge in [-0.1, -0.05) is 23.7 Å². The number of rotatable bonds is 1. The van der Waals surface area contributed by atoms with E-state index >= 15 is 0 Å². The second-order valence-electron chi connectivity index (χ2n) is 5.78. The van der Waals surface area contributed by atoms with E-state index in [1.165, 1.54) is 0 Å². The standard InChI is InChI=1S/C15H19ClN2O/c16-14-4-2-1-3-13(14)15(19)18-8-10-5-6-12(17)7-11(10)9-18/h1-4,10-12H,5-9,17H2/t10-,11+,12?/m1/s1. The number of likely N-dealkylation sites (tertiary alicyclic amines) is 1. The Hall–Kier alpha value is -1.06. The lowest BCUT2D eigenvalue weighted by Crippen LogP contribution is -2.32. The highest BCUT2D eigenvalue weighted by Gasteiger charge is 2.38. The molecular weight excluding hydrogens is 260 g/mol. The minimum absolute atomic E-state index is 0.0635. The van der Waals surface area contributed by atoms with Crippen LogP contribution < -0.4 is 5.73 Å². The highest BCUT2D eigenvalue weighted by Crippen LogP contribution is 2.36. The van der Waals surface area contributed by atoms with Crippen LogP contribution in [0.2, 0.25) is 5.02 Å². The molecule has 1 amide bonds. The maximum Gasteiger partial charge on any atom is 0.255 e. The molecule has 0 radical (unpaired) electrons. The Bertz CT molecular complexity index is 491. The summed E-state index contributed by atoms with van der Waals surface area (Å²) in [4.78, 5) is 14.5. The van der Waals surface area contributed by atoms with Crippen molar-refractivity contribution in [3.8, 4) is 0 Å². The molecule has 19 heavy (non-hydrogen) atoms. The lowest BCUT2D eigenvalue weighted by molar-refractivity contribution is 0.0784. The van der Waals surface area contributed by atoms with Crippen molar-refractivity contribution in [1.29, 1.82) is 0 Å². The number of nitrogens with two attached hydrogens (primary N) is 1. The van der Waals surface area contributed by atoms with Gasteiger partial charge in [0.25, 0.3) is 5.91 Å². The van der Waals surface area contributed by atoms with Gasteiger partial charge in [0.1, 0.15) is 0 Å². The topological polar surface area (TPSA) is 46.3 Å². The van der Waals surface area contributed by atoms with Gasteiger partial charge in [-0.25, -0.2) is 0 Å². The number of carbonyl (C=O) groups is 1. The molecule has 102 valence electrons. The quantitative estimate of drug-likeness (QED) is 0.858. The Morgan fingerprint density at radius 1 is 1.21 bits per heavy atom. The van der Waals surface area contributed by atoms with Crippen LogP contribution >= 0.6 is 11.6 Å². The van der Waals surface area contributed by atoms with Gasteiger partial charge < -0.3 is 10.6 Å². The van der Waals surface area contributed by atoms with E-state index in [9.17, 15) is 4.79 Å². The summed E-state index contributed by atoms with van der Waals surface area (Å²) in [5.74, 6) is 1.27. The van der Waals surface area contributed by atoms with Gasteiger partial charge in [-0.2, -0.15) is 0 Å². The summed E-state index contributed by atoms with van der Waals surface area (Å²) in [6.45, 7) is 1.70. The summed E-state index contributed by atoms with van der Waals surface area (Å²) in [6.07, 6.45) is 3.30. The van der Waals surface area contributed by atoms with Gasteiger partial charge in [0.15, 0.2) is 0 Å². The average molecular weight is 279 g/mol. The maximum absolute atomic E-state index is 12.5. The van der Waals surface area contributed by atoms with Crippen molar-refractivity contribution < 1.29 is 4.79 Å². The fourth-order valence-corrected chi connectivity index (χ4v) is 3.66. The summed E-state index contributed by atoms with van der Waals surface area (Å²) >= 11 is 6.11. The van der Waals surface area contributed by atoms with Crippen LogP contribution in [-0.2, 0) is 0 Å². The van der Waals surface area contributed by atoms with Crippen LogP contribution in [0.5, 0.6) is 0 Å². The van der Waals surface area contributed by atoms with E-state index in [1.54, 1.807) is 12.1 Å². The van der Waals surface area contributed by atoms with Crippen molar-refractivity contribution in [3.05, 3.63) is 34.9 Å². The number of halogens is 1. The van der Waals surface area contributed by atoms with Gasteiger partial charge in [0.05, 0.1) is 10.6 Å². The smallest absolute Gasteiger partial charge is 0.255 e. The fourth-order valence-electron chi connectivity index (χ4n) is 3.44. The molecule has 3 nitrogen and oxygen atoms in total. The normalized spacial score (nSPS) is 30.2. The molecule has 2 aliphatic rings. The Labute approximate surface area is 118 Å². The number of carbonyl (C=O) groups excluding carboxylic acids is 1. The highest BCUT2D eigenvalue weighted by atomic mass is 35.5. The highest BCUT2D eigenvalue weighted by molar-refractivity contribution is 6.33. The van der Waals surface area contributed by atoms with E-state index in [1.807, 2.05) is 17.0 Å². The number of fused-ring (bicyclic) bond motifs is 1. The molecule has 1 saturated heterocycles. The minimum atomic E-state index is 0.0635. The first kappa shape index (κ1) is 12.9. The van der Waals surface area contributed by atoms with Gasteiger partial charge >= 0.3 is 0 Å². The molecule has 2 N–H and O–H groups in total. The molecule has 0 aromatic heterocycles. The van der Waals surface area contributed by atoms with E-state index in [-0.39, 0.29) is 5.91 Å². The van der Waals surface area contributed by atoms with Gasteiger partial charge in [-0.3, -0.25) is 4.79 Å². The number of amides is 1. The first-order valence-electron chi connectivity index (χ1n) is 6.94. The molecule has 1 heterocycles.